The molecule has 4 aromatic rings. The van der Waals surface area contributed by atoms with Gasteiger partial charge >= 0.3 is 0 Å². The summed E-state index contributed by atoms with van der Waals surface area (Å²) in [4.78, 5) is 30.6. The summed E-state index contributed by atoms with van der Waals surface area (Å²) in [5.41, 5.74) is 8.69. The molecule has 1 amide bonds. The molecule has 9 nitrogen and oxygen atoms in total. The number of carbonyl (C=O) groups is 1. The van der Waals surface area contributed by atoms with Crippen LogP contribution in [0.25, 0.3) is 6.08 Å². The number of methoxy groups -OCH3 is 1. The molecule has 0 aliphatic carbocycles. The van der Waals surface area contributed by atoms with Gasteiger partial charge in [0.2, 0.25) is 5.91 Å². The van der Waals surface area contributed by atoms with Crippen molar-refractivity contribution < 1.29 is 19.0 Å². The highest BCUT2D eigenvalue weighted by Crippen LogP contribution is 2.29. The first-order valence-corrected chi connectivity index (χ1v) is 13.7. The molecule has 0 aliphatic heterocycles. The largest absolute Gasteiger partial charge is 0.493 e. The van der Waals surface area contributed by atoms with Crippen molar-refractivity contribution in [2.24, 2.45) is 0 Å². The lowest BCUT2D eigenvalue weighted by Crippen LogP contribution is -2.20. The molecule has 9 heteroatoms. The number of aromatic nitrogens is 4. The van der Waals surface area contributed by atoms with Crippen LogP contribution in [0.15, 0.2) is 48.5 Å². The average molecular weight is 568 g/mol. The van der Waals surface area contributed by atoms with Gasteiger partial charge in [0.1, 0.15) is 19.0 Å². The quantitative estimate of drug-likeness (QED) is 0.233. The lowest BCUT2D eigenvalue weighted by molar-refractivity contribution is -0.116. The van der Waals surface area contributed by atoms with Crippen LogP contribution in [0.1, 0.15) is 56.7 Å². The molecular formula is C33H37N5O4. The van der Waals surface area contributed by atoms with Crippen molar-refractivity contribution in [3.63, 3.8) is 0 Å². The Kier molecular flexibility index (Phi) is 9.85. The smallest absolute Gasteiger partial charge is 0.244 e. The number of nitrogens with one attached hydrogen (secondary N) is 1. The molecule has 0 unspecified atom stereocenters. The fourth-order valence-electron chi connectivity index (χ4n) is 4.13. The second-order valence-electron chi connectivity index (χ2n) is 10.0. The van der Waals surface area contributed by atoms with E-state index in [4.69, 9.17) is 14.2 Å². The van der Waals surface area contributed by atoms with Gasteiger partial charge in [0.25, 0.3) is 0 Å². The number of carbonyl (C=O) groups excluding carboxylic acids is 1. The molecule has 0 atom stereocenters. The summed E-state index contributed by atoms with van der Waals surface area (Å²) in [6, 6.07) is 13.1. The second-order valence-corrected chi connectivity index (χ2v) is 10.0. The molecule has 2 aromatic carbocycles. The number of ether oxygens (including phenoxy) is 3. The van der Waals surface area contributed by atoms with Gasteiger partial charge in [-0.2, -0.15) is 0 Å². The van der Waals surface area contributed by atoms with Crippen LogP contribution in [-0.4, -0.2) is 33.0 Å². The molecule has 0 saturated carbocycles. The topological polar surface area (TPSA) is 108 Å². The predicted molar refractivity (Wildman–Crippen MR) is 161 cm³/mol. The number of nitrogens with zero attached hydrogens (tertiary/aromatic N) is 4. The molecule has 0 spiro atoms. The van der Waals surface area contributed by atoms with Crippen LogP contribution in [0.3, 0.4) is 0 Å². The maximum absolute atomic E-state index is 12.5. The minimum atomic E-state index is -0.206. The Morgan fingerprint density at radius 3 is 1.88 bits per heavy atom. The van der Waals surface area contributed by atoms with Crippen molar-refractivity contribution in [3.05, 3.63) is 105 Å². The zero-order valence-corrected chi connectivity index (χ0v) is 25.2. The number of rotatable bonds is 11. The normalized spacial score (nSPS) is 11.0. The van der Waals surface area contributed by atoms with E-state index >= 15 is 0 Å². The first kappa shape index (κ1) is 30.2. The van der Waals surface area contributed by atoms with Crippen LogP contribution >= 0.6 is 0 Å². The van der Waals surface area contributed by atoms with Crippen LogP contribution in [0, 0.1) is 41.5 Å². The second kappa shape index (κ2) is 13.7. The third-order valence-electron chi connectivity index (χ3n) is 6.90. The number of amides is 1. The molecule has 218 valence electrons. The van der Waals surface area contributed by atoms with Crippen molar-refractivity contribution in [3.8, 4) is 17.2 Å². The third kappa shape index (κ3) is 7.90. The third-order valence-corrected chi connectivity index (χ3v) is 6.90. The predicted octanol–water partition coefficient (Wildman–Crippen LogP) is 5.61. The van der Waals surface area contributed by atoms with Gasteiger partial charge in [-0.05, 0) is 83.0 Å². The standard InChI is InChI=1S/C33H37N5O4/c1-20-22(3)37-29(24(5)35-20)18-41-28-12-8-26(9-13-28)11-15-33(39)34-17-27-10-14-31(32(16-27)40-7)42-19-30-25(6)36-21(2)23(4)38-30/h8-16H,17-19H2,1-7H3,(H,34,39)/b15-11+. The number of aryl methyl sites for hydroxylation is 6. The van der Waals surface area contributed by atoms with Crippen molar-refractivity contribution in [2.45, 2.75) is 61.3 Å². The van der Waals surface area contributed by atoms with Crippen LogP contribution in [0.2, 0.25) is 0 Å². The molecule has 0 fully saturated rings. The lowest BCUT2D eigenvalue weighted by atomic mass is 10.2. The highest BCUT2D eigenvalue weighted by molar-refractivity contribution is 5.91. The molecular weight excluding hydrogens is 530 g/mol. The Bertz CT molecular complexity index is 1600. The molecule has 0 radical (unpaired) electrons. The fraction of sp³-hybridized carbons (Fsp3) is 0.303. The highest BCUT2D eigenvalue weighted by Gasteiger charge is 2.11. The van der Waals surface area contributed by atoms with Gasteiger partial charge < -0.3 is 19.5 Å². The van der Waals surface area contributed by atoms with E-state index in [1.807, 2.05) is 84.0 Å². The van der Waals surface area contributed by atoms with E-state index in [1.165, 1.54) is 6.08 Å². The van der Waals surface area contributed by atoms with E-state index < -0.39 is 0 Å². The Morgan fingerprint density at radius 2 is 1.29 bits per heavy atom. The average Bonchev–Trinajstić information content (AvgIpc) is 2.98. The zero-order chi connectivity index (χ0) is 30.2. The molecule has 0 saturated heterocycles. The first-order chi connectivity index (χ1) is 20.1. The van der Waals surface area contributed by atoms with Gasteiger partial charge in [0, 0.05) is 12.6 Å². The van der Waals surface area contributed by atoms with Crippen LogP contribution in [0.5, 0.6) is 17.2 Å². The van der Waals surface area contributed by atoms with Gasteiger partial charge in [0.05, 0.1) is 52.7 Å². The van der Waals surface area contributed by atoms with Gasteiger partial charge in [-0.3, -0.25) is 24.7 Å². The van der Waals surface area contributed by atoms with Crippen LogP contribution in [-0.2, 0) is 24.6 Å². The van der Waals surface area contributed by atoms with E-state index in [0.717, 1.165) is 62.4 Å². The summed E-state index contributed by atoms with van der Waals surface area (Å²) in [5.74, 6) is 1.68. The van der Waals surface area contributed by atoms with E-state index in [2.05, 4.69) is 25.3 Å². The van der Waals surface area contributed by atoms with Gasteiger partial charge in [-0.1, -0.05) is 18.2 Å². The van der Waals surface area contributed by atoms with E-state index in [0.29, 0.717) is 24.7 Å². The van der Waals surface area contributed by atoms with E-state index in [1.54, 1.807) is 13.2 Å². The summed E-state index contributed by atoms with van der Waals surface area (Å²) in [7, 11) is 1.59. The summed E-state index contributed by atoms with van der Waals surface area (Å²) >= 11 is 0. The maximum Gasteiger partial charge on any atom is 0.244 e. The van der Waals surface area contributed by atoms with Crippen molar-refractivity contribution in [2.75, 3.05) is 7.11 Å². The Labute approximate surface area is 247 Å². The minimum absolute atomic E-state index is 0.206. The summed E-state index contributed by atoms with van der Waals surface area (Å²) in [5, 5.41) is 2.90. The zero-order valence-electron chi connectivity index (χ0n) is 25.2. The molecule has 1 N–H and O–H groups in total. The number of hydrogen-bond acceptors (Lipinski definition) is 8. The number of benzene rings is 2. The van der Waals surface area contributed by atoms with Crippen molar-refractivity contribution in [1.29, 1.82) is 0 Å². The minimum Gasteiger partial charge on any atom is -0.493 e. The molecule has 0 bridgehead atoms. The molecule has 42 heavy (non-hydrogen) atoms. The highest BCUT2D eigenvalue weighted by atomic mass is 16.5. The van der Waals surface area contributed by atoms with Gasteiger partial charge in [0.15, 0.2) is 11.5 Å². The molecule has 0 aliphatic rings. The maximum atomic E-state index is 12.5. The van der Waals surface area contributed by atoms with Crippen LogP contribution in [0.4, 0.5) is 0 Å². The Balaban J connectivity index is 1.27. The summed E-state index contributed by atoms with van der Waals surface area (Å²) in [6.45, 7) is 12.6. The molecule has 2 aromatic heterocycles. The Hall–Kier alpha value is -4.79. The summed E-state index contributed by atoms with van der Waals surface area (Å²) in [6.07, 6.45) is 3.26. The van der Waals surface area contributed by atoms with Gasteiger partial charge in [-0.25, -0.2) is 0 Å². The monoisotopic (exact) mass is 567 g/mol. The van der Waals surface area contributed by atoms with Crippen molar-refractivity contribution >= 4 is 12.0 Å². The summed E-state index contributed by atoms with van der Waals surface area (Å²) < 4.78 is 17.4. The molecule has 2 heterocycles. The number of hydrogen-bond donors (Lipinski definition) is 1. The van der Waals surface area contributed by atoms with Crippen LogP contribution < -0.4 is 19.5 Å². The Morgan fingerprint density at radius 1 is 0.714 bits per heavy atom. The SMILES string of the molecule is COc1cc(CNC(=O)/C=C/c2ccc(OCc3nc(C)c(C)nc3C)cc2)ccc1OCc1nc(C)c(C)nc1C. The first-order valence-electron chi connectivity index (χ1n) is 13.7. The van der Waals surface area contributed by atoms with Crippen molar-refractivity contribution in [1.82, 2.24) is 25.3 Å². The van der Waals surface area contributed by atoms with Gasteiger partial charge in [-0.15, -0.1) is 0 Å². The van der Waals surface area contributed by atoms with E-state index in [9.17, 15) is 4.79 Å². The molecule has 4 rings (SSSR count). The lowest BCUT2D eigenvalue weighted by Gasteiger charge is -2.13. The van der Waals surface area contributed by atoms with E-state index in [-0.39, 0.29) is 12.5 Å². The fourth-order valence-corrected chi connectivity index (χ4v) is 4.13.